The highest BCUT2D eigenvalue weighted by Crippen LogP contribution is 2.09. The topological polar surface area (TPSA) is 66.4 Å². The Morgan fingerprint density at radius 1 is 1.25 bits per heavy atom. The van der Waals surface area contributed by atoms with Gasteiger partial charge in [0.15, 0.2) is 5.78 Å². The van der Waals surface area contributed by atoms with Gasteiger partial charge in [-0.25, -0.2) is 0 Å². The number of carboxylic acids is 1. The lowest BCUT2D eigenvalue weighted by atomic mass is 10.1. The predicted molar refractivity (Wildman–Crippen MR) is 61.6 cm³/mol. The van der Waals surface area contributed by atoms with Crippen LogP contribution in [0.25, 0.3) is 0 Å². The summed E-state index contributed by atoms with van der Waals surface area (Å²) < 4.78 is 0. The van der Waals surface area contributed by atoms with E-state index in [1.165, 1.54) is 0 Å². The molecule has 0 atom stereocenters. The number of ketones is 1. The molecule has 1 aromatic rings. The fourth-order valence-electron chi connectivity index (χ4n) is 1.24. The number of carbonyl (C=O) groups is 2. The Morgan fingerprint density at radius 2 is 1.88 bits per heavy atom. The van der Waals surface area contributed by atoms with Gasteiger partial charge in [-0.2, -0.15) is 0 Å². The minimum atomic E-state index is -0.845. The van der Waals surface area contributed by atoms with Gasteiger partial charge in [-0.05, 0) is 17.7 Å². The smallest absolute Gasteiger partial charge is 0.307 e. The zero-order valence-electron chi connectivity index (χ0n) is 9.19. The molecule has 0 saturated carbocycles. The van der Waals surface area contributed by atoms with Crippen LogP contribution in [0, 0.1) is 0 Å². The Kier molecular flexibility index (Phi) is 4.51. The molecule has 0 aromatic heterocycles. The molecule has 4 nitrogen and oxygen atoms in total. The van der Waals surface area contributed by atoms with Gasteiger partial charge in [-0.1, -0.05) is 19.1 Å². The van der Waals surface area contributed by atoms with Crippen molar-refractivity contribution in [1.82, 2.24) is 0 Å². The highest BCUT2D eigenvalue weighted by Gasteiger charge is 2.01. The maximum Gasteiger partial charge on any atom is 0.307 e. The second-order valence-corrected chi connectivity index (χ2v) is 3.51. The number of carboxylic acid groups (broad SMARTS) is 1. The first kappa shape index (κ1) is 12.2. The molecular weight excluding hydrogens is 206 g/mol. The second-order valence-electron chi connectivity index (χ2n) is 3.51. The van der Waals surface area contributed by atoms with Gasteiger partial charge in [0.25, 0.3) is 0 Å². The third kappa shape index (κ3) is 4.13. The first-order valence-corrected chi connectivity index (χ1v) is 5.18. The number of nitrogens with one attached hydrogen (secondary N) is 1. The van der Waals surface area contributed by atoms with Crippen LogP contribution < -0.4 is 5.32 Å². The molecule has 0 saturated heterocycles. The Balaban J connectivity index is 2.51. The van der Waals surface area contributed by atoms with E-state index in [4.69, 9.17) is 5.11 Å². The molecule has 0 aliphatic carbocycles. The number of benzene rings is 1. The molecule has 0 spiro atoms. The number of hydrogen-bond acceptors (Lipinski definition) is 3. The molecule has 1 aromatic carbocycles. The Hall–Kier alpha value is -1.84. The van der Waals surface area contributed by atoms with Crippen molar-refractivity contribution in [3.05, 3.63) is 29.8 Å². The van der Waals surface area contributed by atoms with Crippen LogP contribution in [0.4, 0.5) is 5.69 Å². The van der Waals surface area contributed by atoms with Gasteiger partial charge in [0.05, 0.1) is 13.0 Å². The van der Waals surface area contributed by atoms with Crippen LogP contribution in [0.5, 0.6) is 0 Å². The van der Waals surface area contributed by atoms with Crippen LogP contribution in [-0.2, 0) is 16.0 Å². The second kappa shape index (κ2) is 5.90. The summed E-state index contributed by atoms with van der Waals surface area (Å²) in [7, 11) is 0. The summed E-state index contributed by atoms with van der Waals surface area (Å²) in [5.74, 6) is -0.698. The fourth-order valence-corrected chi connectivity index (χ4v) is 1.24. The first-order chi connectivity index (χ1) is 7.61. The van der Waals surface area contributed by atoms with Crippen molar-refractivity contribution < 1.29 is 14.7 Å². The molecule has 0 radical (unpaired) electrons. The molecule has 0 amide bonds. The third-order valence-corrected chi connectivity index (χ3v) is 2.19. The molecule has 0 heterocycles. The quantitative estimate of drug-likeness (QED) is 0.767. The molecule has 0 aliphatic heterocycles. The van der Waals surface area contributed by atoms with Crippen LogP contribution >= 0.6 is 0 Å². The monoisotopic (exact) mass is 221 g/mol. The average molecular weight is 221 g/mol. The summed E-state index contributed by atoms with van der Waals surface area (Å²) in [5, 5.41) is 11.6. The number of rotatable bonds is 6. The van der Waals surface area contributed by atoms with Crippen molar-refractivity contribution in [1.29, 1.82) is 0 Å². The van der Waals surface area contributed by atoms with Crippen LogP contribution in [-0.4, -0.2) is 23.4 Å². The fraction of sp³-hybridized carbons (Fsp3) is 0.333. The largest absolute Gasteiger partial charge is 0.481 e. The van der Waals surface area contributed by atoms with E-state index >= 15 is 0 Å². The first-order valence-electron chi connectivity index (χ1n) is 5.18. The number of hydrogen-bond donors (Lipinski definition) is 2. The molecule has 16 heavy (non-hydrogen) atoms. The summed E-state index contributed by atoms with van der Waals surface area (Å²) in [6.07, 6.45) is 0.540. The molecule has 4 heteroatoms. The lowest BCUT2D eigenvalue weighted by Gasteiger charge is -2.05. The molecular formula is C12H15NO3. The van der Waals surface area contributed by atoms with E-state index in [1.54, 1.807) is 24.3 Å². The highest BCUT2D eigenvalue weighted by atomic mass is 16.4. The Labute approximate surface area is 94.3 Å². The maximum absolute atomic E-state index is 11.1. The minimum Gasteiger partial charge on any atom is -0.481 e. The number of Topliss-reactive ketones (excluding diaryl/α,β-unsaturated/α-hetero) is 1. The van der Waals surface area contributed by atoms with Crippen molar-refractivity contribution in [2.24, 2.45) is 0 Å². The van der Waals surface area contributed by atoms with Crippen molar-refractivity contribution >= 4 is 17.4 Å². The molecule has 0 bridgehead atoms. The van der Waals surface area contributed by atoms with Gasteiger partial charge in [0, 0.05) is 12.1 Å². The highest BCUT2D eigenvalue weighted by molar-refractivity contribution is 5.82. The lowest BCUT2D eigenvalue weighted by molar-refractivity contribution is -0.136. The zero-order chi connectivity index (χ0) is 12.0. The van der Waals surface area contributed by atoms with E-state index < -0.39 is 5.97 Å². The van der Waals surface area contributed by atoms with Crippen LogP contribution in [0.15, 0.2) is 24.3 Å². The van der Waals surface area contributed by atoms with Gasteiger partial charge in [0.2, 0.25) is 0 Å². The minimum absolute atomic E-state index is 0.0220. The summed E-state index contributed by atoms with van der Waals surface area (Å²) in [4.78, 5) is 21.5. The molecule has 0 fully saturated rings. The normalized spacial score (nSPS) is 9.81. The summed E-state index contributed by atoms with van der Waals surface area (Å²) in [5.41, 5.74) is 1.58. The van der Waals surface area contributed by atoms with E-state index in [2.05, 4.69) is 5.32 Å². The van der Waals surface area contributed by atoms with Gasteiger partial charge >= 0.3 is 5.97 Å². The van der Waals surface area contributed by atoms with Crippen LogP contribution in [0.3, 0.4) is 0 Å². The zero-order valence-corrected chi connectivity index (χ0v) is 9.19. The van der Waals surface area contributed by atoms with Crippen molar-refractivity contribution in [3.63, 3.8) is 0 Å². The summed E-state index contributed by atoms with van der Waals surface area (Å²) in [6.45, 7) is 2.13. The van der Waals surface area contributed by atoms with Gasteiger partial charge in [-0.15, -0.1) is 0 Å². The van der Waals surface area contributed by atoms with Crippen molar-refractivity contribution in [2.45, 2.75) is 19.8 Å². The SMILES string of the molecule is CCC(=O)CNc1ccc(CC(=O)O)cc1. The Bertz CT molecular complexity index is 370. The number of aliphatic carboxylic acids is 1. The summed E-state index contributed by atoms with van der Waals surface area (Å²) >= 11 is 0. The molecule has 2 N–H and O–H groups in total. The standard InChI is InChI=1S/C12H15NO3/c1-2-11(14)8-13-10-5-3-9(4-6-10)7-12(15)16/h3-6,13H,2,7-8H2,1H3,(H,15,16). The van der Waals surface area contributed by atoms with Crippen LogP contribution in [0.1, 0.15) is 18.9 Å². The van der Waals surface area contributed by atoms with E-state index in [0.29, 0.717) is 13.0 Å². The van der Waals surface area contributed by atoms with E-state index in [1.807, 2.05) is 6.92 Å². The van der Waals surface area contributed by atoms with Gasteiger partial charge < -0.3 is 10.4 Å². The lowest BCUT2D eigenvalue weighted by Crippen LogP contribution is -2.12. The molecule has 86 valence electrons. The number of carbonyl (C=O) groups excluding carboxylic acids is 1. The van der Waals surface area contributed by atoms with Crippen molar-refractivity contribution in [2.75, 3.05) is 11.9 Å². The predicted octanol–water partition coefficient (Wildman–Crippen LogP) is 1.70. The number of anilines is 1. The van der Waals surface area contributed by atoms with E-state index in [-0.39, 0.29) is 12.2 Å². The molecule has 1 rings (SSSR count). The third-order valence-electron chi connectivity index (χ3n) is 2.19. The Morgan fingerprint density at radius 3 is 2.38 bits per heavy atom. The van der Waals surface area contributed by atoms with Crippen LogP contribution in [0.2, 0.25) is 0 Å². The molecule has 0 unspecified atom stereocenters. The van der Waals surface area contributed by atoms with Crippen molar-refractivity contribution in [3.8, 4) is 0 Å². The maximum atomic E-state index is 11.1. The van der Waals surface area contributed by atoms with Gasteiger partial charge in [0.1, 0.15) is 0 Å². The van der Waals surface area contributed by atoms with E-state index in [0.717, 1.165) is 11.3 Å². The average Bonchev–Trinajstić information content (AvgIpc) is 2.27. The van der Waals surface area contributed by atoms with E-state index in [9.17, 15) is 9.59 Å². The molecule has 0 aliphatic rings. The summed E-state index contributed by atoms with van der Waals surface area (Å²) in [6, 6.07) is 7.04. The van der Waals surface area contributed by atoms with Gasteiger partial charge in [-0.3, -0.25) is 9.59 Å².